The number of aromatic nitrogens is 1. The van der Waals surface area contributed by atoms with Crippen molar-refractivity contribution in [3.63, 3.8) is 0 Å². The Morgan fingerprint density at radius 3 is 2.83 bits per heavy atom. The molecular formula is C20H27NO3. The van der Waals surface area contributed by atoms with Crippen molar-refractivity contribution in [2.24, 2.45) is 17.3 Å². The largest absolute Gasteiger partial charge is 0.495 e. The molecule has 0 amide bonds. The molecule has 24 heavy (non-hydrogen) atoms. The third-order valence-electron chi connectivity index (χ3n) is 5.61. The first kappa shape index (κ1) is 17.2. The van der Waals surface area contributed by atoms with E-state index in [0.29, 0.717) is 29.2 Å². The van der Waals surface area contributed by atoms with E-state index < -0.39 is 0 Å². The van der Waals surface area contributed by atoms with Crippen LogP contribution in [0.5, 0.6) is 5.75 Å². The smallest absolute Gasteiger partial charge is 0.181 e. The predicted octanol–water partition coefficient (Wildman–Crippen LogP) is 3.88. The average molecular weight is 329 g/mol. The van der Waals surface area contributed by atoms with E-state index >= 15 is 0 Å². The topological polar surface area (TPSA) is 59.4 Å². The molecule has 0 bridgehead atoms. The van der Waals surface area contributed by atoms with Gasteiger partial charge in [0.15, 0.2) is 5.78 Å². The monoisotopic (exact) mass is 329 g/mol. The lowest BCUT2D eigenvalue weighted by molar-refractivity contribution is 0.0929. The number of nitrogens with zero attached hydrogens (tertiary/aromatic N) is 1. The molecule has 1 N–H and O–H groups in total. The maximum Gasteiger partial charge on any atom is 0.181 e. The predicted molar refractivity (Wildman–Crippen MR) is 94.0 cm³/mol. The van der Waals surface area contributed by atoms with Crippen LogP contribution in [0.2, 0.25) is 0 Å². The first-order valence-corrected chi connectivity index (χ1v) is 8.95. The number of Topliss-reactive ketones (excluding diaryl/α,β-unsaturated/α-hetero) is 1. The maximum atomic E-state index is 12.4. The van der Waals surface area contributed by atoms with Gasteiger partial charge in [0.25, 0.3) is 0 Å². The molecule has 1 aromatic rings. The van der Waals surface area contributed by atoms with Crippen molar-refractivity contribution < 1.29 is 14.6 Å². The highest BCUT2D eigenvalue weighted by molar-refractivity contribution is 5.95. The van der Waals surface area contributed by atoms with Gasteiger partial charge in [-0.2, -0.15) is 0 Å². The van der Waals surface area contributed by atoms with Gasteiger partial charge in [-0.3, -0.25) is 4.79 Å². The minimum atomic E-state index is -0.0196. The van der Waals surface area contributed by atoms with E-state index in [2.05, 4.69) is 17.1 Å². The lowest BCUT2D eigenvalue weighted by atomic mass is 9.72. The van der Waals surface area contributed by atoms with Crippen molar-refractivity contribution in [1.29, 1.82) is 0 Å². The van der Waals surface area contributed by atoms with Crippen LogP contribution in [0, 0.1) is 17.3 Å². The molecule has 4 nitrogen and oxygen atoms in total. The minimum absolute atomic E-state index is 0.00472. The van der Waals surface area contributed by atoms with Crippen LogP contribution in [-0.2, 0) is 0 Å². The van der Waals surface area contributed by atoms with Crippen LogP contribution in [0.25, 0.3) is 6.08 Å². The van der Waals surface area contributed by atoms with Crippen LogP contribution in [0.4, 0.5) is 0 Å². The number of carbonyl (C=O) groups excluding carboxylic acids is 1. The number of methoxy groups -OCH3 is 1. The van der Waals surface area contributed by atoms with E-state index in [1.165, 1.54) is 25.7 Å². The molecule has 1 unspecified atom stereocenters. The molecule has 3 rings (SSSR count). The number of hydrogen-bond donors (Lipinski definition) is 1. The summed E-state index contributed by atoms with van der Waals surface area (Å²) in [6.45, 7) is 2.02. The molecule has 2 fully saturated rings. The van der Waals surface area contributed by atoms with E-state index in [1.54, 1.807) is 13.3 Å². The number of pyridine rings is 1. The third kappa shape index (κ3) is 3.69. The van der Waals surface area contributed by atoms with Gasteiger partial charge < -0.3 is 9.84 Å². The van der Waals surface area contributed by atoms with E-state index in [4.69, 9.17) is 4.74 Å². The highest BCUT2D eigenvalue weighted by Crippen LogP contribution is 2.63. The van der Waals surface area contributed by atoms with Crippen molar-refractivity contribution >= 4 is 11.9 Å². The highest BCUT2D eigenvalue weighted by atomic mass is 16.5. The normalized spacial score (nSPS) is 20.1. The Kier molecular flexibility index (Phi) is 5.04. The van der Waals surface area contributed by atoms with Crippen molar-refractivity contribution in [2.75, 3.05) is 13.7 Å². The quantitative estimate of drug-likeness (QED) is 0.735. The van der Waals surface area contributed by atoms with Gasteiger partial charge in [0, 0.05) is 18.6 Å². The molecule has 0 aromatic carbocycles. The molecule has 0 aliphatic heterocycles. The van der Waals surface area contributed by atoms with Crippen LogP contribution in [0.1, 0.15) is 61.5 Å². The van der Waals surface area contributed by atoms with Gasteiger partial charge >= 0.3 is 0 Å². The molecule has 130 valence electrons. The zero-order valence-electron chi connectivity index (χ0n) is 14.6. The van der Waals surface area contributed by atoms with Crippen LogP contribution < -0.4 is 4.74 Å². The third-order valence-corrected chi connectivity index (χ3v) is 5.61. The molecule has 0 radical (unpaired) electrons. The Morgan fingerprint density at radius 1 is 1.50 bits per heavy atom. The number of hydrogen-bond acceptors (Lipinski definition) is 4. The van der Waals surface area contributed by atoms with E-state index in [0.717, 1.165) is 12.0 Å². The fourth-order valence-electron chi connectivity index (χ4n) is 3.63. The highest BCUT2D eigenvalue weighted by Gasteiger charge is 2.51. The minimum Gasteiger partial charge on any atom is -0.495 e. The summed E-state index contributed by atoms with van der Waals surface area (Å²) in [5.74, 6) is 1.33. The summed E-state index contributed by atoms with van der Waals surface area (Å²) in [7, 11) is 1.62. The van der Waals surface area contributed by atoms with Crippen molar-refractivity contribution in [2.45, 2.75) is 45.4 Å². The molecular weight excluding hydrogens is 302 g/mol. The number of allylic oxidation sites excluding steroid dienone is 1. The molecule has 4 heteroatoms. The van der Waals surface area contributed by atoms with E-state index in [9.17, 15) is 9.90 Å². The first-order chi connectivity index (χ1) is 11.6. The number of aliphatic hydroxyl groups excluding tert-OH is 1. The fraction of sp³-hybridized carbons (Fsp3) is 0.600. The summed E-state index contributed by atoms with van der Waals surface area (Å²) in [5, 5.41) is 9.28. The Balaban J connectivity index is 1.70. The SMILES string of the molecule is CCC(CO)CC(=O)c1cc(/C=C/C2CC3(CC3)C2)c(OC)cn1. The van der Waals surface area contributed by atoms with Gasteiger partial charge in [-0.15, -0.1) is 0 Å². The second-order valence-electron chi connectivity index (χ2n) is 7.42. The summed E-state index contributed by atoms with van der Waals surface area (Å²) >= 11 is 0. The number of carbonyl (C=O) groups is 1. The Hall–Kier alpha value is -1.68. The average Bonchev–Trinajstić information content (AvgIpc) is 3.37. The standard InChI is InChI=1S/C20H27NO3/c1-3-14(13-22)8-18(23)17-9-16(19(24-2)12-21-17)5-4-15-10-20(11-15)6-7-20/h4-5,9,12,14-15,22H,3,6-8,10-11,13H2,1-2H3/b5-4+. The fourth-order valence-corrected chi connectivity index (χ4v) is 3.63. The van der Waals surface area contributed by atoms with Crippen LogP contribution in [0.15, 0.2) is 18.3 Å². The van der Waals surface area contributed by atoms with Crippen molar-refractivity contribution in [3.8, 4) is 5.75 Å². The Morgan fingerprint density at radius 2 is 2.25 bits per heavy atom. The van der Waals surface area contributed by atoms with Crippen LogP contribution >= 0.6 is 0 Å². The van der Waals surface area contributed by atoms with Gasteiger partial charge in [-0.25, -0.2) is 4.98 Å². The molecule has 1 aromatic heterocycles. The zero-order valence-corrected chi connectivity index (χ0v) is 14.6. The van der Waals surface area contributed by atoms with Gasteiger partial charge in [0.2, 0.25) is 0 Å². The van der Waals surface area contributed by atoms with E-state index in [1.807, 2.05) is 13.0 Å². The molecule has 1 atom stereocenters. The van der Waals surface area contributed by atoms with Crippen molar-refractivity contribution in [1.82, 2.24) is 4.98 Å². The van der Waals surface area contributed by atoms with Gasteiger partial charge in [0.05, 0.1) is 13.3 Å². The van der Waals surface area contributed by atoms with Gasteiger partial charge in [-0.05, 0) is 49.0 Å². The lowest BCUT2D eigenvalue weighted by Crippen LogP contribution is -2.22. The van der Waals surface area contributed by atoms with Gasteiger partial charge in [-0.1, -0.05) is 25.5 Å². The summed E-state index contributed by atoms with van der Waals surface area (Å²) in [6.07, 6.45) is 12.5. The number of aliphatic hydroxyl groups is 1. The van der Waals surface area contributed by atoms with Gasteiger partial charge in [0.1, 0.15) is 11.4 Å². The molecule has 1 heterocycles. The lowest BCUT2D eigenvalue weighted by Gasteiger charge is -2.33. The second kappa shape index (κ2) is 7.06. The summed E-state index contributed by atoms with van der Waals surface area (Å²) < 4.78 is 5.38. The molecule has 2 aliphatic carbocycles. The van der Waals surface area contributed by atoms with E-state index in [-0.39, 0.29) is 18.3 Å². The molecule has 2 aliphatic rings. The number of rotatable bonds is 8. The van der Waals surface area contributed by atoms with Crippen LogP contribution in [-0.4, -0.2) is 29.6 Å². The molecule has 2 saturated carbocycles. The Labute approximate surface area is 143 Å². The molecule has 1 spiro atoms. The second-order valence-corrected chi connectivity index (χ2v) is 7.42. The Bertz CT molecular complexity index is 622. The number of ether oxygens (including phenoxy) is 1. The summed E-state index contributed by atoms with van der Waals surface area (Å²) in [4.78, 5) is 16.6. The molecule has 0 saturated heterocycles. The summed E-state index contributed by atoms with van der Waals surface area (Å²) in [5.41, 5.74) is 2.05. The maximum absolute atomic E-state index is 12.4. The van der Waals surface area contributed by atoms with Crippen LogP contribution in [0.3, 0.4) is 0 Å². The van der Waals surface area contributed by atoms with Crippen molar-refractivity contribution in [3.05, 3.63) is 29.6 Å². The first-order valence-electron chi connectivity index (χ1n) is 8.95. The summed E-state index contributed by atoms with van der Waals surface area (Å²) in [6, 6.07) is 1.81. The number of ketones is 1. The zero-order chi connectivity index (χ0) is 17.2.